The SMILES string of the molecule is CC1(C)C2=[N+](CCCCCC(=O)NCC(C(=O)NCCCCCC(=O)ON3C(=O)CCC3=O)NC(=O)CCCCCC3(C)/C(=C/C=C/2)N(CCCS(=O)(=O)O)c2ccc(S(=O)(=O)O)cc23)c2ccc(SOOO)cc21. The van der Waals surface area contributed by atoms with Crippen LogP contribution >= 0.6 is 12.0 Å². The number of imide groups is 1. The van der Waals surface area contributed by atoms with Crippen molar-refractivity contribution < 1.29 is 78.8 Å². The summed E-state index contributed by atoms with van der Waals surface area (Å²) in [6, 6.07) is 8.89. The van der Waals surface area contributed by atoms with Gasteiger partial charge in [-0.2, -0.15) is 21.4 Å². The van der Waals surface area contributed by atoms with E-state index in [0.717, 1.165) is 29.0 Å². The highest BCUT2D eigenvalue weighted by Gasteiger charge is 2.46. The zero-order chi connectivity index (χ0) is 54.6. The smallest absolute Gasteiger partial charge is 0.333 e. The summed E-state index contributed by atoms with van der Waals surface area (Å²) in [4.78, 5) is 83.0. The summed E-state index contributed by atoms with van der Waals surface area (Å²) >= 11 is 0.837. The number of hydroxylamine groups is 2. The van der Waals surface area contributed by atoms with Gasteiger partial charge in [0.15, 0.2) is 5.71 Å². The molecular formula is C50H67N6O16S3+. The van der Waals surface area contributed by atoms with Gasteiger partial charge in [-0.25, -0.2) is 10.1 Å². The lowest BCUT2D eigenvalue weighted by Crippen LogP contribution is -2.52. The van der Waals surface area contributed by atoms with Crippen LogP contribution in [0, 0.1) is 0 Å². The van der Waals surface area contributed by atoms with Crippen molar-refractivity contribution in [2.75, 3.05) is 36.8 Å². The highest BCUT2D eigenvalue weighted by molar-refractivity contribution is 7.94. The molecule has 2 aromatic carbocycles. The molecule has 1 fully saturated rings. The Morgan fingerprint density at radius 1 is 0.853 bits per heavy atom. The van der Waals surface area contributed by atoms with Gasteiger partial charge in [0, 0.05) is 97.6 Å². The Labute approximate surface area is 441 Å². The van der Waals surface area contributed by atoms with E-state index in [4.69, 9.17) is 14.4 Å². The highest BCUT2D eigenvalue weighted by atomic mass is 32.2. The lowest BCUT2D eigenvalue weighted by atomic mass is 9.77. The van der Waals surface area contributed by atoms with Crippen LogP contribution in [0.4, 0.5) is 11.4 Å². The number of amides is 5. The molecule has 2 unspecified atom stereocenters. The summed E-state index contributed by atoms with van der Waals surface area (Å²) in [5.74, 6) is -3.63. The number of hydrogen-bond donors (Lipinski definition) is 6. The molecule has 0 spiro atoms. The van der Waals surface area contributed by atoms with E-state index in [1.54, 1.807) is 6.07 Å². The van der Waals surface area contributed by atoms with E-state index in [1.165, 1.54) is 12.1 Å². The number of nitrogens with zero attached hydrogens (tertiary/aromatic N) is 3. The topological polar surface area (TPSA) is 305 Å². The van der Waals surface area contributed by atoms with Crippen molar-refractivity contribution in [2.45, 2.75) is 150 Å². The van der Waals surface area contributed by atoms with Crippen LogP contribution in [0.3, 0.4) is 0 Å². The maximum absolute atomic E-state index is 13.5. The number of fused-ring (bicyclic) bond motifs is 5. The first-order valence-corrected chi connectivity index (χ1v) is 28.9. The van der Waals surface area contributed by atoms with E-state index < -0.39 is 72.5 Å². The lowest BCUT2D eigenvalue weighted by Gasteiger charge is -2.30. The maximum atomic E-state index is 13.5. The van der Waals surface area contributed by atoms with E-state index in [0.29, 0.717) is 97.7 Å². The van der Waals surface area contributed by atoms with Gasteiger partial charge in [0.1, 0.15) is 12.6 Å². The third-order valence-electron chi connectivity index (χ3n) is 13.9. The van der Waals surface area contributed by atoms with E-state index in [1.807, 2.05) is 48.3 Å². The van der Waals surface area contributed by atoms with Gasteiger partial charge < -0.3 is 25.7 Å². The van der Waals surface area contributed by atoms with Gasteiger partial charge in [-0.3, -0.25) is 33.1 Å². The molecule has 0 radical (unpaired) electrons. The number of rotatable bonds is 16. The van der Waals surface area contributed by atoms with Gasteiger partial charge in [-0.15, -0.1) is 9.40 Å². The van der Waals surface area contributed by atoms with Gasteiger partial charge in [-0.05, 0) is 108 Å². The van der Waals surface area contributed by atoms with E-state index in [9.17, 15) is 54.7 Å². The Balaban J connectivity index is 1.24. The van der Waals surface area contributed by atoms with Crippen LogP contribution in [-0.4, -0.2) is 120 Å². The van der Waals surface area contributed by atoms with Crippen molar-refractivity contribution >= 4 is 84.9 Å². The molecule has 6 N–H and O–H groups in total. The Hall–Kier alpha value is -5.54. The molecule has 2 atom stereocenters. The standard InChI is InChI=1S/C50H66N6O16S3/c1-49(2)36-31-34(73-72-71-63)20-22-39(36)54-28-12-6-8-17-43(57)52-33-38(48(62)51-27-11-5-9-19-47(61)70-56-45(59)24-25-46(56)60)53-44(58)18-7-4-10-26-50(3)37-32-35(75(67,68)69)21-23-40(37)55(29-14-30-74(64,65)66)42(50)16-13-15-41(49)54/h13,15-16,20-23,31-32,38H,4-12,14,17-19,24-30,33H2,1-3H3,(H5-,51,52,53,57,58,62,63,64,65,66,67,68,69)/p+1. The normalized spacial score (nSPS) is 22.3. The van der Waals surface area contributed by atoms with Crippen molar-refractivity contribution in [3.05, 3.63) is 71.5 Å². The van der Waals surface area contributed by atoms with E-state index in [2.05, 4.69) is 39.4 Å². The number of carbonyl (C=O) groups is 6. The molecule has 2 aromatic rings. The summed E-state index contributed by atoms with van der Waals surface area (Å²) in [5.41, 5.74) is 3.17. The predicted octanol–water partition coefficient (Wildman–Crippen LogP) is 5.64. The van der Waals surface area contributed by atoms with Crippen molar-refractivity contribution in [1.29, 1.82) is 0 Å². The van der Waals surface area contributed by atoms with Crippen LogP contribution < -0.4 is 20.9 Å². The lowest BCUT2D eigenvalue weighted by molar-refractivity contribution is -0.438. The third-order valence-corrected chi connectivity index (χ3v) is 16.1. The Morgan fingerprint density at radius 2 is 1.57 bits per heavy atom. The monoisotopic (exact) mass is 1100 g/mol. The van der Waals surface area contributed by atoms with Crippen LogP contribution in [0.25, 0.3) is 0 Å². The van der Waals surface area contributed by atoms with Gasteiger partial charge in [0.05, 0.1) is 28.1 Å². The number of benzene rings is 2. The molecule has 4 aliphatic heterocycles. The molecule has 410 valence electrons. The average molecular weight is 1100 g/mol. The first kappa shape index (κ1) is 58.7. The summed E-state index contributed by atoms with van der Waals surface area (Å²) in [6.45, 7) is 6.79. The second kappa shape index (κ2) is 26.0. The first-order valence-electron chi connectivity index (χ1n) is 25.1. The summed E-state index contributed by atoms with van der Waals surface area (Å²) in [7, 11) is -8.98. The van der Waals surface area contributed by atoms with E-state index >= 15 is 0 Å². The summed E-state index contributed by atoms with van der Waals surface area (Å²) < 4.78 is 75.7. The molecule has 4 aliphatic rings. The summed E-state index contributed by atoms with van der Waals surface area (Å²) in [6.07, 6.45) is 11.0. The molecule has 4 heterocycles. The number of carbonyl (C=O) groups excluding carboxylic acids is 6. The highest BCUT2D eigenvalue weighted by Crippen LogP contribution is 2.52. The summed E-state index contributed by atoms with van der Waals surface area (Å²) in [5, 5.41) is 21.6. The minimum absolute atomic E-state index is 0.0127. The van der Waals surface area contributed by atoms with Gasteiger partial charge >= 0.3 is 5.97 Å². The molecule has 5 amide bonds. The Kier molecular flexibility index (Phi) is 20.4. The average Bonchev–Trinajstić information content (AvgIpc) is 3.87. The number of hydrogen-bond acceptors (Lipinski definition) is 16. The molecule has 0 aromatic heterocycles. The first-order chi connectivity index (χ1) is 35.5. The fourth-order valence-corrected chi connectivity index (χ4v) is 11.4. The molecule has 0 saturated carbocycles. The molecule has 0 bridgehead atoms. The predicted molar refractivity (Wildman–Crippen MR) is 274 cm³/mol. The molecule has 22 nitrogen and oxygen atoms in total. The molecule has 1 saturated heterocycles. The van der Waals surface area contributed by atoms with Crippen molar-refractivity contribution in [1.82, 2.24) is 21.0 Å². The molecule has 25 heteroatoms. The fourth-order valence-electron chi connectivity index (χ4n) is 10.00. The van der Waals surface area contributed by atoms with Gasteiger partial charge in [-0.1, -0.05) is 30.4 Å². The van der Waals surface area contributed by atoms with Crippen LogP contribution in [0.15, 0.2) is 70.1 Å². The van der Waals surface area contributed by atoms with Crippen LogP contribution in [0.5, 0.6) is 0 Å². The fraction of sp³-hybridized carbons (Fsp3) is 0.540. The van der Waals surface area contributed by atoms with Gasteiger partial charge in [0.2, 0.25) is 23.4 Å². The molecular weight excluding hydrogens is 1040 g/mol. The van der Waals surface area contributed by atoms with Crippen molar-refractivity contribution in [2.24, 2.45) is 0 Å². The number of unbranched alkanes of at least 4 members (excludes halogenated alkanes) is 2. The zero-order valence-electron chi connectivity index (χ0n) is 42.3. The van der Waals surface area contributed by atoms with E-state index in [-0.39, 0.29) is 69.0 Å². The zero-order valence-corrected chi connectivity index (χ0v) is 44.8. The minimum atomic E-state index is -4.65. The molecule has 6 rings (SSSR count). The van der Waals surface area contributed by atoms with Crippen LogP contribution in [-0.2, 0) is 74.0 Å². The minimum Gasteiger partial charge on any atom is -0.354 e. The Bertz CT molecular complexity index is 2800. The van der Waals surface area contributed by atoms with Crippen molar-refractivity contribution in [3.8, 4) is 0 Å². The quantitative estimate of drug-likeness (QED) is 0.0225. The molecule has 0 aliphatic carbocycles. The van der Waals surface area contributed by atoms with Crippen LogP contribution in [0.1, 0.15) is 135 Å². The number of anilines is 1. The van der Waals surface area contributed by atoms with Crippen molar-refractivity contribution in [3.63, 3.8) is 0 Å². The Morgan fingerprint density at radius 3 is 2.28 bits per heavy atom. The molecule has 75 heavy (non-hydrogen) atoms. The number of nitrogens with one attached hydrogen (secondary N) is 3. The third kappa shape index (κ3) is 15.5. The van der Waals surface area contributed by atoms with Gasteiger partial charge in [0.25, 0.3) is 32.1 Å². The largest absolute Gasteiger partial charge is 0.354 e. The second-order valence-electron chi connectivity index (χ2n) is 19.7. The number of allylic oxidation sites excluding steroid dienone is 4. The second-order valence-corrected chi connectivity index (χ2v) is 23.5. The van der Waals surface area contributed by atoms with Crippen LogP contribution in [0.2, 0.25) is 0 Å². The maximum Gasteiger partial charge on any atom is 0.333 e.